The van der Waals surface area contributed by atoms with Crippen LogP contribution in [0.1, 0.15) is 41.0 Å². The van der Waals surface area contributed by atoms with Crippen molar-refractivity contribution in [1.82, 2.24) is 19.4 Å². The maximum Gasteiger partial charge on any atom is 0.256 e. The van der Waals surface area contributed by atoms with Gasteiger partial charge >= 0.3 is 0 Å². The standard InChI is InChI=1S/C26H25N7O3/c1-15-10-19(14-36-20(15)13-34)25-32-22(23-24(28)30-8-9-33(23)25)17-2-4-18(5-3-17)26(35)31-21-11-16(12-27)6-7-29-21/h2-9,11,15,19-20,34H,10,13-14H2,1H3,(H2,28,30)(H,29,31,35). The molecule has 0 radical (unpaired) electrons. The number of nitriles is 1. The van der Waals surface area contributed by atoms with Gasteiger partial charge in [-0.15, -0.1) is 0 Å². The molecule has 1 fully saturated rings. The molecule has 1 saturated heterocycles. The highest BCUT2D eigenvalue weighted by atomic mass is 16.5. The third-order valence-electron chi connectivity index (χ3n) is 6.51. The number of imidazole rings is 1. The maximum atomic E-state index is 12.7. The topological polar surface area (TPSA) is 151 Å². The summed E-state index contributed by atoms with van der Waals surface area (Å²) < 4.78 is 7.84. The Hall–Kier alpha value is -4.33. The summed E-state index contributed by atoms with van der Waals surface area (Å²) in [4.78, 5) is 26.0. The van der Waals surface area contributed by atoms with Gasteiger partial charge in [-0.2, -0.15) is 5.26 Å². The van der Waals surface area contributed by atoms with Gasteiger partial charge in [-0.25, -0.2) is 15.0 Å². The molecule has 3 atom stereocenters. The highest BCUT2D eigenvalue weighted by molar-refractivity contribution is 6.04. The first-order chi connectivity index (χ1) is 17.5. The maximum absolute atomic E-state index is 12.7. The summed E-state index contributed by atoms with van der Waals surface area (Å²) in [6.07, 6.45) is 5.61. The minimum Gasteiger partial charge on any atom is -0.394 e. The predicted molar refractivity (Wildman–Crippen MR) is 133 cm³/mol. The molecule has 1 aliphatic heterocycles. The Bertz CT molecular complexity index is 1460. The van der Waals surface area contributed by atoms with Gasteiger partial charge in [-0.1, -0.05) is 19.1 Å². The summed E-state index contributed by atoms with van der Waals surface area (Å²) in [6, 6.07) is 12.1. The van der Waals surface area contributed by atoms with E-state index in [9.17, 15) is 9.90 Å². The van der Waals surface area contributed by atoms with Crippen LogP contribution in [0.4, 0.5) is 11.6 Å². The first-order valence-corrected chi connectivity index (χ1v) is 11.6. The molecule has 182 valence electrons. The number of nitrogens with two attached hydrogens (primary N) is 1. The van der Waals surface area contributed by atoms with Crippen LogP contribution in [0, 0.1) is 17.2 Å². The van der Waals surface area contributed by atoms with Gasteiger partial charge in [0.25, 0.3) is 5.91 Å². The third kappa shape index (κ3) is 4.37. The van der Waals surface area contributed by atoms with Crippen LogP contribution in [0.15, 0.2) is 55.0 Å². The second-order valence-electron chi connectivity index (χ2n) is 8.89. The molecule has 0 aliphatic carbocycles. The van der Waals surface area contributed by atoms with Crippen LogP contribution in [-0.4, -0.2) is 49.7 Å². The quantitative estimate of drug-likeness (QED) is 0.392. The Morgan fingerprint density at radius 2 is 2.08 bits per heavy atom. The molecule has 4 N–H and O–H groups in total. The number of anilines is 2. The number of amides is 1. The molecule has 10 nitrogen and oxygen atoms in total. The molecular weight excluding hydrogens is 458 g/mol. The Labute approximate surface area is 207 Å². The summed E-state index contributed by atoms with van der Waals surface area (Å²) in [5.74, 6) is 1.36. The molecule has 0 spiro atoms. The molecule has 4 heterocycles. The number of carbonyl (C=O) groups excluding carboxylic acids is 1. The number of hydrogen-bond donors (Lipinski definition) is 3. The number of aliphatic hydroxyl groups is 1. The zero-order valence-electron chi connectivity index (χ0n) is 19.6. The molecule has 0 bridgehead atoms. The lowest BCUT2D eigenvalue weighted by molar-refractivity contribution is -0.0603. The lowest BCUT2D eigenvalue weighted by Gasteiger charge is -2.32. The fourth-order valence-corrected chi connectivity index (χ4v) is 4.60. The van der Waals surface area contributed by atoms with Crippen LogP contribution in [0.25, 0.3) is 16.8 Å². The zero-order chi connectivity index (χ0) is 25.2. The molecule has 4 aromatic rings. The van der Waals surface area contributed by atoms with E-state index >= 15 is 0 Å². The van der Waals surface area contributed by atoms with Crippen LogP contribution in [-0.2, 0) is 4.74 Å². The third-order valence-corrected chi connectivity index (χ3v) is 6.51. The largest absolute Gasteiger partial charge is 0.394 e. The average molecular weight is 484 g/mol. The molecule has 3 aromatic heterocycles. The summed E-state index contributed by atoms with van der Waals surface area (Å²) in [5, 5.41) is 21.3. The average Bonchev–Trinajstić information content (AvgIpc) is 3.30. The van der Waals surface area contributed by atoms with E-state index in [4.69, 9.17) is 20.7 Å². The van der Waals surface area contributed by atoms with Crippen LogP contribution >= 0.6 is 0 Å². The molecule has 1 aliphatic rings. The van der Waals surface area contributed by atoms with Gasteiger partial charge in [0.05, 0.1) is 31.0 Å². The van der Waals surface area contributed by atoms with Gasteiger partial charge in [-0.05, 0) is 36.6 Å². The molecule has 3 unspecified atom stereocenters. The number of aromatic nitrogens is 4. The number of pyridine rings is 1. The van der Waals surface area contributed by atoms with Crippen molar-refractivity contribution >= 4 is 23.1 Å². The minimum absolute atomic E-state index is 0.00190. The number of aliphatic hydroxyl groups excluding tert-OH is 1. The van der Waals surface area contributed by atoms with E-state index in [1.807, 2.05) is 28.8 Å². The number of hydrogen-bond acceptors (Lipinski definition) is 8. The predicted octanol–water partition coefficient (Wildman–Crippen LogP) is 3.00. The molecule has 36 heavy (non-hydrogen) atoms. The lowest BCUT2D eigenvalue weighted by atomic mass is 9.89. The zero-order valence-corrected chi connectivity index (χ0v) is 19.6. The van der Waals surface area contributed by atoms with Crippen LogP contribution in [0.5, 0.6) is 0 Å². The van der Waals surface area contributed by atoms with E-state index in [-0.39, 0.29) is 30.5 Å². The first kappa shape index (κ1) is 23.4. The first-order valence-electron chi connectivity index (χ1n) is 11.6. The van der Waals surface area contributed by atoms with Gasteiger partial charge < -0.3 is 20.9 Å². The van der Waals surface area contributed by atoms with Crippen molar-refractivity contribution in [1.29, 1.82) is 5.26 Å². The van der Waals surface area contributed by atoms with Crippen molar-refractivity contribution in [2.24, 2.45) is 5.92 Å². The smallest absolute Gasteiger partial charge is 0.256 e. The number of ether oxygens (including phenoxy) is 1. The number of rotatable bonds is 5. The Morgan fingerprint density at radius 3 is 2.81 bits per heavy atom. The van der Waals surface area contributed by atoms with Crippen molar-refractivity contribution in [3.8, 4) is 17.3 Å². The van der Waals surface area contributed by atoms with Crippen molar-refractivity contribution < 1.29 is 14.6 Å². The summed E-state index contributed by atoms with van der Waals surface area (Å²) in [7, 11) is 0. The van der Waals surface area contributed by atoms with Gasteiger partial charge in [0.2, 0.25) is 0 Å². The van der Waals surface area contributed by atoms with E-state index in [1.54, 1.807) is 24.4 Å². The summed E-state index contributed by atoms with van der Waals surface area (Å²) in [5.41, 5.74) is 9.26. The fourth-order valence-electron chi connectivity index (χ4n) is 4.60. The molecular formula is C26H25N7O3. The highest BCUT2D eigenvalue weighted by Gasteiger charge is 2.32. The second-order valence-corrected chi connectivity index (χ2v) is 8.89. The van der Waals surface area contributed by atoms with Crippen LogP contribution in [0.2, 0.25) is 0 Å². The van der Waals surface area contributed by atoms with Crippen molar-refractivity contribution in [3.63, 3.8) is 0 Å². The number of fused-ring (bicyclic) bond motifs is 1. The highest BCUT2D eigenvalue weighted by Crippen LogP contribution is 2.36. The van der Waals surface area contributed by atoms with E-state index in [0.29, 0.717) is 40.6 Å². The molecule has 5 rings (SSSR count). The molecule has 1 amide bonds. The van der Waals surface area contributed by atoms with E-state index in [0.717, 1.165) is 17.8 Å². The number of benzene rings is 1. The van der Waals surface area contributed by atoms with Crippen LogP contribution < -0.4 is 11.1 Å². The van der Waals surface area contributed by atoms with Gasteiger partial charge in [0.15, 0.2) is 0 Å². The van der Waals surface area contributed by atoms with E-state index in [2.05, 4.69) is 22.2 Å². The normalized spacial score (nSPS) is 19.6. The SMILES string of the molecule is CC1CC(c2nc(-c3ccc(C(=O)Nc4cc(C#N)ccn4)cc3)c3c(N)nccn23)COC1CO. The molecule has 10 heteroatoms. The fraction of sp³-hybridized carbons (Fsp3) is 0.269. The van der Waals surface area contributed by atoms with Gasteiger partial charge in [0, 0.05) is 35.6 Å². The van der Waals surface area contributed by atoms with E-state index < -0.39 is 0 Å². The van der Waals surface area contributed by atoms with Crippen LogP contribution in [0.3, 0.4) is 0 Å². The molecule has 0 saturated carbocycles. The minimum atomic E-state index is -0.340. The molecule has 1 aromatic carbocycles. The monoisotopic (exact) mass is 483 g/mol. The number of nitrogens with zero attached hydrogens (tertiary/aromatic N) is 5. The number of nitrogen functional groups attached to an aromatic ring is 1. The van der Waals surface area contributed by atoms with Crippen molar-refractivity contribution in [2.45, 2.75) is 25.4 Å². The number of nitrogens with one attached hydrogen (secondary N) is 1. The summed E-state index contributed by atoms with van der Waals surface area (Å²) in [6.45, 7) is 2.52. The van der Waals surface area contributed by atoms with Crippen molar-refractivity contribution in [3.05, 3.63) is 71.9 Å². The van der Waals surface area contributed by atoms with Gasteiger partial charge in [0.1, 0.15) is 28.7 Å². The Kier molecular flexibility index (Phi) is 6.33. The van der Waals surface area contributed by atoms with Gasteiger partial charge in [-0.3, -0.25) is 9.20 Å². The summed E-state index contributed by atoms with van der Waals surface area (Å²) >= 11 is 0. The Morgan fingerprint density at radius 1 is 1.28 bits per heavy atom. The number of carbonyl (C=O) groups is 1. The van der Waals surface area contributed by atoms with E-state index in [1.165, 1.54) is 12.3 Å². The second kappa shape index (κ2) is 9.73. The van der Waals surface area contributed by atoms with Crippen molar-refractivity contribution in [2.75, 3.05) is 24.3 Å². The lowest BCUT2D eigenvalue weighted by Crippen LogP contribution is -2.35. The Balaban J connectivity index is 1.44.